The Bertz CT molecular complexity index is 706. The zero-order valence-electron chi connectivity index (χ0n) is 13.2. The summed E-state index contributed by atoms with van der Waals surface area (Å²) < 4.78 is 16.4. The number of halogens is 1. The van der Waals surface area contributed by atoms with Gasteiger partial charge in [0.2, 0.25) is 0 Å². The van der Waals surface area contributed by atoms with E-state index in [4.69, 9.17) is 25.8 Å². The highest BCUT2D eigenvalue weighted by Gasteiger charge is 2.19. The minimum atomic E-state index is -0.415. The van der Waals surface area contributed by atoms with Gasteiger partial charge in [0.05, 0.1) is 30.4 Å². The zero-order chi connectivity index (χ0) is 16.8. The van der Waals surface area contributed by atoms with Gasteiger partial charge in [-0.15, -0.1) is 0 Å². The molecule has 0 saturated heterocycles. The summed E-state index contributed by atoms with van der Waals surface area (Å²) in [4.78, 5) is 16.2. The van der Waals surface area contributed by atoms with Crippen LogP contribution in [-0.4, -0.2) is 30.8 Å². The Morgan fingerprint density at radius 2 is 2.00 bits per heavy atom. The Hall–Kier alpha value is -2.27. The molecular weight excluding hydrogens is 330 g/mol. The quantitative estimate of drug-likeness (QED) is 0.610. The highest BCUT2D eigenvalue weighted by atomic mass is 35.5. The fourth-order valence-electron chi connectivity index (χ4n) is 2.42. The molecule has 1 aliphatic heterocycles. The highest BCUT2D eigenvalue weighted by molar-refractivity contribution is 6.32. The van der Waals surface area contributed by atoms with Crippen molar-refractivity contribution in [3.8, 4) is 11.5 Å². The lowest BCUT2D eigenvalue weighted by Gasteiger charge is -2.11. The minimum absolute atomic E-state index is 0.340. The minimum Gasteiger partial charge on any atom is -0.489 e. The Morgan fingerprint density at radius 1 is 1.21 bits per heavy atom. The van der Waals surface area contributed by atoms with E-state index in [9.17, 15) is 4.79 Å². The third-order valence-corrected chi connectivity index (χ3v) is 3.91. The fraction of sp³-hybridized carbons (Fsp3) is 0.333. The molecule has 1 aromatic carbocycles. The number of rotatable bonds is 5. The lowest BCUT2D eigenvalue weighted by atomic mass is 10.1. The Labute approximate surface area is 145 Å². The molecule has 0 saturated carbocycles. The summed E-state index contributed by atoms with van der Waals surface area (Å²) in [6.45, 7) is 1.42. The van der Waals surface area contributed by atoms with Crippen molar-refractivity contribution in [2.24, 2.45) is 0 Å². The lowest BCUT2D eigenvalue weighted by Crippen LogP contribution is -2.08. The molecule has 3 rings (SSSR count). The van der Waals surface area contributed by atoms with Crippen LogP contribution in [0.15, 0.2) is 36.7 Å². The smallest absolute Gasteiger partial charge is 0.338 e. The van der Waals surface area contributed by atoms with E-state index >= 15 is 0 Å². The number of esters is 1. The molecule has 0 fully saturated rings. The maximum atomic E-state index is 12.2. The van der Waals surface area contributed by atoms with Crippen LogP contribution in [0.1, 0.15) is 28.8 Å². The van der Waals surface area contributed by atoms with Crippen molar-refractivity contribution >= 4 is 17.6 Å². The average molecular weight is 348 g/mol. The molecule has 24 heavy (non-hydrogen) atoms. The third-order valence-electron chi connectivity index (χ3n) is 3.63. The number of fused-ring (bicyclic) bond motifs is 1. The molecule has 2 aromatic rings. The fourth-order valence-corrected chi connectivity index (χ4v) is 2.69. The van der Waals surface area contributed by atoms with Gasteiger partial charge in [0.25, 0.3) is 0 Å². The Morgan fingerprint density at radius 3 is 2.83 bits per heavy atom. The first-order valence-corrected chi connectivity index (χ1v) is 8.27. The molecule has 0 atom stereocenters. The first-order chi connectivity index (χ1) is 11.7. The van der Waals surface area contributed by atoms with Crippen molar-refractivity contribution in [3.63, 3.8) is 0 Å². The van der Waals surface area contributed by atoms with E-state index < -0.39 is 5.97 Å². The topological polar surface area (TPSA) is 57.7 Å². The van der Waals surface area contributed by atoms with Gasteiger partial charge in [-0.05, 0) is 42.7 Å². The van der Waals surface area contributed by atoms with E-state index in [0.29, 0.717) is 41.9 Å². The van der Waals surface area contributed by atoms with Crippen molar-refractivity contribution < 1.29 is 19.0 Å². The molecule has 1 aromatic heterocycles. The molecule has 1 aliphatic rings. The normalized spacial score (nSPS) is 13.2. The highest BCUT2D eigenvalue weighted by Crippen LogP contribution is 2.38. The number of pyridine rings is 1. The summed E-state index contributed by atoms with van der Waals surface area (Å²) in [7, 11) is 0. The van der Waals surface area contributed by atoms with Crippen LogP contribution in [0.2, 0.25) is 5.02 Å². The van der Waals surface area contributed by atoms with E-state index in [0.717, 1.165) is 19.3 Å². The predicted molar refractivity (Wildman–Crippen MR) is 89.9 cm³/mol. The van der Waals surface area contributed by atoms with Crippen molar-refractivity contribution in [1.82, 2.24) is 4.98 Å². The second-order valence-electron chi connectivity index (χ2n) is 5.43. The summed E-state index contributed by atoms with van der Waals surface area (Å²) in [5.74, 6) is 0.564. The summed E-state index contributed by atoms with van der Waals surface area (Å²) in [6.07, 6.45) is 5.85. The number of carbonyl (C=O) groups excluding carboxylic acids is 1. The van der Waals surface area contributed by atoms with Gasteiger partial charge in [0, 0.05) is 18.8 Å². The molecule has 5 nitrogen and oxygen atoms in total. The molecule has 2 heterocycles. The molecule has 0 aliphatic carbocycles. The van der Waals surface area contributed by atoms with Crippen molar-refractivity contribution in [1.29, 1.82) is 0 Å². The molecule has 126 valence electrons. The van der Waals surface area contributed by atoms with Crippen molar-refractivity contribution in [3.05, 3.63) is 52.8 Å². The zero-order valence-corrected chi connectivity index (χ0v) is 13.9. The first kappa shape index (κ1) is 16.6. The van der Waals surface area contributed by atoms with Crippen molar-refractivity contribution in [2.75, 3.05) is 19.8 Å². The summed E-state index contributed by atoms with van der Waals surface area (Å²) in [5, 5.41) is 0.359. The SMILES string of the molecule is O=C(OCCCc1ccncc1)c1cc(Cl)c2c(c1)OCCCO2. The molecule has 0 radical (unpaired) electrons. The number of ether oxygens (including phenoxy) is 3. The molecule has 0 N–H and O–H groups in total. The van der Waals surface area contributed by atoms with Gasteiger partial charge in [-0.3, -0.25) is 4.98 Å². The third kappa shape index (κ3) is 4.17. The van der Waals surface area contributed by atoms with Gasteiger partial charge in [-0.2, -0.15) is 0 Å². The number of carbonyl (C=O) groups is 1. The van der Waals surface area contributed by atoms with Crippen LogP contribution in [0.25, 0.3) is 0 Å². The number of aryl methyl sites for hydroxylation is 1. The van der Waals surface area contributed by atoms with Gasteiger partial charge < -0.3 is 14.2 Å². The summed E-state index contributed by atoms with van der Waals surface area (Å²) in [6, 6.07) is 7.08. The van der Waals surface area contributed by atoms with Gasteiger partial charge in [-0.25, -0.2) is 4.79 Å². The second kappa shape index (κ2) is 8.02. The maximum Gasteiger partial charge on any atom is 0.338 e. The molecule has 0 bridgehead atoms. The number of hydrogen-bond acceptors (Lipinski definition) is 5. The van der Waals surface area contributed by atoms with Crippen molar-refractivity contribution in [2.45, 2.75) is 19.3 Å². The van der Waals surface area contributed by atoms with Gasteiger partial charge in [0.15, 0.2) is 11.5 Å². The lowest BCUT2D eigenvalue weighted by molar-refractivity contribution is 0.0500. The van der Waals surface area contributed by atoms with Gasteiger partial charge in [-0.1, -0.05) is 11.6 Å². The molecule has 0 amide bonds. The predicted octanol–water partition coefficient (Wildman–Crippen LogP) is 3.69. The van der Waals surface area contributed by atoms with E-state index in [1.165, 1.54) is 5.56 Å². The number of benzene rings is 1. The van der Waals surface area contributed by atoms with Crippen LogP contribution < -0.4 is 9.47 Å². The van der Waals surface area contributed by atoms with Crippen LogP contribution >= 0.6 is 11.6 Å². The van der Waals surface area contributed by atoms with E-state index in [-0.39, 0.29) is 0 Å². The largest absolute Gasteiger partial charge is 0.489 e. The standard InChI is InChI=1S/C18H18ClNO4/c19-15-11-14(12-16-17(15)23-10-2-9-22-16)18(21)24-8-1-3-13-4-6-20-7-5-13/h4-7,11-12H,1-3,8-10H2. The van der Waals surface area contributed by atoms with Crippen LogP contribution in [0.4, 0.5) is 0 Å². The Kier molecular flexibility index (Phi) is 5.54. The Balaban J connectivity index is 1.57. The summed E-state index contributed by atoms with van der Waals surface area (Å²) in [5.41, 5.74) is 1.54. The van der Waals surface area contributed by atoms with Crippen LogP contribution in [0, 0.1) is 0 Å². The van der Waals surface area contributed by atoms with Gasteiger partial charge in [0.1, 0.15) is 0 Å². The van der Waals surface area contributed by atoms with E-state index in [1.807, 2.05) is 12.1 Å². The van der Waals surface area contributed by atoms with Crippen LogP contribution in [0.5, 0.6) is 11.5 Å². The number of nitrogens with zero attached hydrogens (tertiary/aromatic N) is 1. The monoisotopic (exact) mass is 347 g/mol. The first-order valence-electron chi connectivity index (χ1n) is 7.89. The molecule has 0 spiro atoms. The second-order valence-corrected chi connectivity index (χ2v) is 5.84. The number of hydrogen-bond donors (Lipinski definition) is 0. The van der Waals surface area contributed by atoms with E-state index in [1.54, 1.807) is 24.5 Å². The number of aromatic nitrogens is 1. The summed E-state index contributed by atoms with van der Waals surface area (Å²) >= 11 is 6.19. The average Bonchev–Trinajstić information content (AvgIpc) is 2.85. The maximum absolute atomic E-state index is 12.2. The van der Waals surface area contributed by atoms with Crippen LogP contribution in [0.3, 0.4) is 0 Å². The van der Waals surface area contributed by atoms with E-state index in [2.05, 4.69) is 4.98 Å². The van der Waals surface area contributed by atoms with Gasteiger partial charge >= 0.3 is 5.97 Å². The molecular formula is C18H18ClNO4. The molecule has 0 unspecified atom stereocenters. The van der Waals surface area contributed by atoms with Crippen LogP contribution in [-0.2, 0) is 11.2 Å². The molecule has 6 heteroatoms.